The smallest absolute Gasteiger partial charge is 0.258 e. The van der Waals surface area contributed by atoms with E-state index in [2.05, 4.69) is 31.6 Å². The molecule has 0 fully saturated rings. The summed E-state index contributed by atoms with van der Waals surface area (Å²) in [6.45, 7) is 0. The van der Waals surface area contributed by atoms with E-state index in [1.54, 1.807) is 6.20 Å². The number of aromatic nitrogens is 5. The first-order valence-corrected chi connectivity index (χ1v) is 9.50. The lowest BCUT2D eigenvalue weighted by Crippen LogP contribution is -1.85. The van der Waals surface area contributed by atoms with Gasteiger partial charge in [-0.2, -0.15) is 20.4 Å². The molecule has 6 heteroatoms. The van der Waals surface area contributed by atoms with Crippen molar-refractivity contribution < 1.29 is 4.52 Å². The lowest BCUT2D eigenvalue weighted by Gasteiger charge is -2.04. The van der Waals surface area contributed by atoms with Crippen LogP contribution in [-0.2, 0) is 0 Å². The Labute approximate surface area is 172 Å². The summed E-state index contributed by atoms with van der Waals surface area (Å²) in [6, 6.07) is 25.8. The first kappa shape index (κ1) is 17.8. The Kier molecular flexibility index (Phi) is 4.72. The molecule has 0 atom stereocenters. The molecule has 0 saturated carbocycles. The van der Waals surface area contributed by atoms with E-state index in [0.717, 1.165) is 33.5 Å². The van der Waals surface area contributed by atoms with Gasteiger partial charge >= 0.3 is 0 Å². The molecule has 2 heterocycles. The maximum atomic E-state index is 5.56. The van der Waals surface area contributed by atoms with Crippen LogP contribution in [-0.4, -0.2) is 25.6 Å². The third-order valence-corrected chi connectivity index (χ3v) is 4.74. The second-order valence-electron chi connectivity index (χ2n) is 6.65. The van der Waals surface area contributed by atoms with E-state index in [1.165, 1.54) is 0 Å². The Morgan fingerprint density at radius 3 is 2.13 bits per heavy atom. The highest BCUT2D eigenvalue weighted by atomic mass is 16.5. The molecule has 6 nitrogen and oxygen atoms in total. The molecule has 5 aromatic rings. The molecule has 0 aliphatic rings. The first-order chi connectivity index (χ1) is 14.9. The number of hydrogen-bond donors (Lipinski definition) is 1. The maximum absolute atomic E-state index is 5.56. The summed E-state index contributed by atoms with van der Waals surface area (Å²) < 4.78 is 5.56. The summed E-state index contributed by atoms with van der Waals surface area (Å²) in [5, 5.41) is 14.9. The minimum atomic E-state index is 0.485. The Balaban J connectivity index is 1.50. The highest BCUT2D eigenvalue weighted by molar-refractivity contribution is 5.83. The zero-order chi connectivity index (χ0) is 20.2. The van der Waals surface area contributed by atoms with Gasteiger partial charge in [-0.3, -0.25) is 0 Å². The molecule has 5 rings (SSSR count). The van der Waals surface area contributed by atoms with Crippen molar-refractivity contribution in [1.82, 2.24) is 25.6 Å². The van der Waals surface area contributed by atoms with Gasteiger partial charge in [-0.05, 0) is 17.2 Å². The highest BCUT2D eigenvalue weighted by Gasteiger charge is 2.13. The van der Waals surface area contributed by atoms with Gasteiger partial charge in [0.25, 0.3) is 5.89 Å². The molecule has 0 spiro atoms. The van der Waals surface area contributed by atoms with Gasteiger partial charge in [0.05, 0.1) is 6.20 Å². The quantitative estimate of drug-likeness (QED) is 0.408. The average Bonchev–Trinajstić information content (AvgIpc) is 3.51. The SMILES string of the molecule is C(=C\c1ccccc1-c1nc(-c2ccccc2)no1)/c1ccccc1-c1cn[nH]n1. The van der Waals surface area contributed by atoms with Crippen LogP contribution in [0.5, 0.6) is 0 Å². The van der Waals surface area contributed by atoms with E-state index in [-0.39, 0.29) is 0 Å². The van der Waals surface area contributed by atoms with Crippen LogP contribution in [0.3, 0.4) is 0 Å². The van der Waals surface area contributed by atoms with E-state index >= 15 is 0 Å². The lowest BCUT2D eigenvalue weighted by molar-refractivity contribution is 0.432. The summed E-state index contributed by atoms with van der Waals surface area (Å²) in [5.41, 5.74) is 5.62. The van der Waals surface area contributed by atoms with E-state index in [1.807, 2.05) is 84.9 Å². The standard InChI is InChI=1S/C24H17N5O/c1-2-10-19(11-3-1)23-26-24(30-28-23)21-13-7-5-9-18(21)15-14-17-8-4-6-12-20(17)22-16-25-29-27-22/h1-16H,(H,25,27,29)/b15-14+. The van der Waals surface area contributed by atoms with Crippen LogP contribution in [0, 0.1) is 0 Å². The highest BCUT2D eigenvalue weighted by Crippen LogP contribution is 2.28. The van der Waals surface area contributed by atoms with Gasteiger partial charge in [0.1, 0.15) is 5.69 Å². The van der Waals surface area contributed by atoms with Crippen LogP contribution in [0.15, 0.2) is 89.6 Å². The second-order valence-corrected chi connectivity index (χ2v) is 6.65. The van der Waals surface area contributed by atoms with Crippen LogP contribution in [0.4, 0.5) is 0 Å². The molecule has 0 saturated heterocycles. The lowest BCUT2D eigenvalue weighted by atomic mass is 10.0. The topological polar surface area (TPSA) is 80.5 Å². The van der Waals surface area contributed by atoms with Crippen LogP contribution in [0.2, 0.25) is 0 Å². The zero-order valence-corrected chi connectivity index (χ0v) is 15.9. The van der Waals surface area contributed by atoms with Crippen molar-refractivity contribution in [2.75, 3.05) is 0 Å². The number of nitrogens with zero attached hydrogens (tertiary/aromatic N) is 4. The number of hydrogen-bond acceptors (Lipinski definition) is 5. The predicted octanol–water partition coefficient (Wildman–Crippen LogP) is 5.36. The molecular weight excluding hydrogens is 374 g/mol. The predicted molar refractivity (Wildman–Crippen MR) is 116 cm³/mol. The molecular formula is C24H17N5O. The Bertz CT molecular complexity index is 1290. The average molecular weight is 391 g/mol. The van der Waals surface area contributed by atoms with Gasteiger partial charge in [-0.25, -0.2) is 0 Å². The number of rotatable bonds is 5. The molecule has 0 aliphatic heterocycles. The first-order valence-electron chi connectivity index (χ1n) is 9.50. The van der Waals surface area contributed by atoms with Gasteiger partial charge in [-0.1, -0.05) is 90.1 Å². The van der Waals surface area contributed by atoms with E-state index in [4.69, 9.17) is 4.52 Å². The molecule has 1 N–H and O–H groups in total. The fourth-order valence-corrected chi connectivity index (χ4v) is 3.26. The van der Waals surface area contributed by atoms with Gasteiger partial charge in [0.15, 0.2) is 0 Å². The fourth-order valence-electron chi connectivity index (χ4n) is 3.26. The second kappa shape index (κ2) is 7.97. The largest absolute Gasteiger partial charge is 0.334 e. The molecule has 30 heavy (non-hydrogen) atoms. The molecule has 2 aromatic heterocycles. The molecule has 144 valence electrons. The summed E-state index contributed by atoms with van der Waals surface area (Å²) in [6.07, 6.45) is 5.81. The minimum Gasteiger partial charge on any atom is -0.334 e. The molecule has 3 aromatic carbocycles. The maximum Gasteiger partial charge on any atom is 0.258 e. The van der Waals surface area contributed by atoms with Crippen LogP contribution in [0.1, 0.15) is 11.1 Å². The van der Waals surface area contributed by atoms with Crippen molar-refractivity contribution in [3.8, 4) is 34.1 Å². The Morgan fingerprint density at radius 1 is 0.733 bits per heavy atom. The molecule has 0 aliphatic carbocycles. The van der Waals surface area contributed by atoms with Crippen molar-refractivity contribution in [3.63, 3.8) is 0 Å². The van der Waals surface area contributed by atoms with Gasteiger partial charge in [0.2, 0.25) is 5.82 Å². The normalized spacial score (nSPS) is 11.2. The van der Waals surface area contributed by atoms with Crippen LogP contribution < -0.4 is 0 Å². The van der Waals surface area contributed by atoms with Gasteiger partial charge in [0, 0.05) is 16.7 Å². The van der Waals surface area contributed by atoms with Crippen molar-refractivity contribution in [3.05, 3.63) is 96.2 Å². The molecule has 0 bridgehead atoms. The van der Waals surface area contributed by atoms with Gasteiger partial charge in [-0.15, -0.1) is 0 Å². The Hall–Kier alpha value is -4.32. The fraction of sp³-hybridized carbons (Fsp3) is 0. The summed E-state index contributed by atoms with van der Waals surface area (Å²) in [5.74, 6) is 1.06. The van der Waals surface area contributed by atoms with E-state index in [9.17, 15) is 0 Å². The van der Waals surface area contributed by atoms with Crippen LogP contribution in [0.25, 0.3) is 46.3 Å². The number of nitrogens with one attached hydrogen (secondary N) is 1. The Morgan fingerprint density at radius 2 is 1.40 bits per heavy atom. The molecule has 0 unspecified atom stereocenters. The third kappa shape index (κ3) is 3.54. The summed E-state index contributed by atoms with van der Waals surface area (Å²) in [7, 11) is 0. The van der Waals surface area contributed by atoms with Crippen LogP contribution >= 0.6 is 0 Å². The zero-order valence-electron chi connectivity index (χ0n) is 15.9. The number of aromatic amines is 1. The monoisotopic (exact) mass is 391 g/mol. The minimum absolute atomic E-state index is 0.485. The van der Waals surface area contributed by atoms with Crippen molar-refractivity contribution >= 4 is 12.2 Å². The number of H-pyrrole nitrogens is 1. The third-order valence-electron chi connectivity index (χ3n) is 4.74. The van der Waals surface area contributed by atoms with Crippen molar-refractivity contribution in [1.29, 1.82) is 0 Å². The summed E-state index contributed by atoms with van der Waals surface area (Å²) >= 11 is 0. The summed E-state index contributed by atoms with van der Waals surface area (Å²) in [4.78, 5) is 4.59. The number of benzene rings is 3. The van der Waals surface area contributed by atoms with Crippen molar-refractivity contribution in [2.45, 2.75) is 0 Å². The molecule has 0 amide bonds. The van der Waals surface area contributed by atoms with Gasteiger partial charge < -0.3 is 4.52 Å². The van der Waals surface area contributed by atoms with E-state index < -0.39 is 0 Å². The van der Waals surface area contributed by atoms with E-state index in [0.29, 0.717) is 11.7 Å². The molecule has 0 radical (unpaired) electrons. The van der Waals surface area contributed by atoms with Crippen molar-refractivity contribution in [2.24, 2.45) is 0 Å².